The second kappa shape index (κ2) is 5.60. The molecule has 0 spiro atoms. The SMILES string of the molecule is CC(C)Sc1ccc(C2(N=C=O)CCC2)cc1Br. The first kappa shape index (κ1) is 13.9. The van der Waals surface area contributed by atoms with Gasteiger partial charge in [-0.3, -0.25) is 0 Å². The Balaban J connectivity index is 2.31. The Labute approximate surface area is 120 Å². The van der Waals surface area contributed by atoms with Crippen LogP contribution in [0.15, 0.2) is 32.6 Å². The Morgan fingerprint density at radius 2 is 2.17 bits per heavy atom. The van der Waals surface area contributed by atoms with Crippen LogP contribution < -0.4 is 0 Å². The highest BCUT2D eigenvalue weighted by atomic mass is 79.9. The summed E-state index contributed by atoms with van der Waals surface area (Å²) in [5.74, 6) is 0. The second-order valence-corrected chi connectivity index (χ2v) is 7.37. The summed E-state index contributed by atoms with van der Waals surface area (Å²) < 4.78 is 1.09. The predicted molar refractivity (Wildman–Crippen MR) is 78.8 cm³/mol. The largest absolute Gasteiger partial charge is 0.235 e. The number of hydrogen-bond acceptors (Lipinski definition) is 3. The van der Waals surface area contributed by atoms with Crippen LogP contribution in [0, 0.1) is 0 Å². The summed E-state index contributed by atoms with van der Waals surface area (Å²) in [7, 11) is 0. The van der Waals surface area contributed by atoms with E-state index in [2.05, 4.69) is 53.0 Å². The quantitative estimate of drug-likeness (QED) is 0.457. The zero-order chi connectivity index (χ0) is 13.2. The molecule has 0 aromatic heterocycles. The lowest BCUT2D eigenvalue weighted by Gasteiger charge is -2.37. The smallest absolute Gasteiger partial charge is 0.211 e. The third kappa shape index (κ3) is 2.71. The minimum Gasteiger partial charge on any atom is -0.211 e. The van der Waals surface area contributed by atoms with Crippen LogP contribution >= 0.6 is 27.7 Å². The van der Waals surface area contributed by atoms with E-state index in [1.807, 2.05) is 11.8 Å². The lowest BCUT2D eigenvalue weighted by molar-refractivity contribution is 0.255. The van der Waals surface area contributed by atoms with Gasteiger partial charge in [-0.05, 0) is 52.9 Å². The van der Waals surface area contributed by atoms with Crippen molar-refractivity contribution in [3.8, 4) is 0 Å². The summed E-state index contributed by atoms with van der Waals surface area (Å²) in [4.78, 5) is 15.8. The standard InChI is InChI=1S/C14H16BrNOS/c1-10(2)18-13-5-4-11(8-12(13)15)14(16-9-17)6-3-7-14/h4-5,8,10H,3,6-7H2,1-2H3. The minimum absolute atomic E-state index is 0.300. The van der Waals surface area contributed by atoms with Gasteiger partial charge in [0, 0.05) is 14.6 Å². The van der Waals surface area contributed by atoms with E-state index >= 15 is 0 Å². The van der Waals surface area contributed by atoms with Crippen molar-refractivity contribution in [2.24, 2.45) is 4.99 Å². The molecule has 1 fully saturated rings. The molecule has 0 unspecified atom stereocenters. The highest BCUT2D eigenvalue weighted by Gasteiger charge is 2.39. The van der Waals surface area contributed by atoms with E-state index in [1.54, 1.807) is 6.08 Å². The molecule has 1 aliphatic carbocycles. The van der Waals surface area contributed by atoms with E-state index in [9.17, 15) is 4.79 Å². The van der Waals surface area contributed by atoms with Crippen molar-refractivity contribution in [1.82, 2.24) is 0 Å². The van der Waals surface area contributed by atoms with E-state index in [-0.39, 0.29) is 5.54 Å². The molecule has 2 rings (SSSR count). The lowest BCUT2D eigenvalue weighted by atomic mass is 9.72. The predicted octanol–water partition coefficient (Wildman–Crippen LogP) is 4.66. The molecule has 0 heterocycles. The van der Waals surface area contributed by atoms with Gasteiger partial charge in [0.2, 0.25) is 6.08 Å². The molecule has 1 aliphatic rings. The number of nitrogens with zero attached hydrogens (tertiary/aromatic N) is 1. The van der Waals surface area contributed by atoms with Crippen LogP contribution in [-0.2, 0) is 10.3 Å². The molecule has 0 atom stereocenters. The molecule has 96 valence electrons. The maximum absolute atomic E-state index is 10.6. The van der Waals surface area contributed by atoms with Gasteiger partial charge in [0.1, 0.15) is 0 Å². The van der Waals surface area contributed by atoms with Crippen LogP contribution in [0.4, 0.5) is 0 Å². The zero-order valence-electron chi connectivity index (χ0n) is 10.6. The summed E-state index contributed by atoms with van der Waals surface area (Å²) in [6.07, 6.45) is 4.76. The van der Waals surface area contributed by atoms with Crippen molar-refractivity contribution in [3.05, 3.63) is 28.2 Å². The fourth-order valence-corrected chi connectivity index (χ4v) is 3.69. The Bertz CT molecular complexity index is 491. The Kier molecular flexibility index (Phi) is 4.31. The van der Waals surface area contributed by atoms with Crippen molar-refractivity contribution >= 4 is 33.8 Å². The summed E-state index contributed by atoms with van der Waals surface area (Å²) >= 11 is 5.44. The normalized spacial score (nSPS) is 17.1. The van der Waals surface area contributed by atoms with Crippen LogP contribution in [0.2, 0.25) is 0 Å². The van der Waals surface area contributed by atoms with E-state index in [1.165, 1.54) is 4.90 Å². The number of carbonyl (C=O) groups excluding carboxylic acids is 1. The van der Waals surface area contributed by atoms with Crippen LogP contribution in [0.5, 0.6) is 0 Å². The van der Waals surface area contributed by atoms with Gasteiger partial charge in [-0.25, -0.2) is 4.79 Å². The maximum atomic E-state index is 10.6. The molecule has 0 N–H and O–H groups in total. The van der Waals surface area contributed by atoms with Gasteiger partial charge in [-0.2, -0.15) is 4.99 Å². The van der Waals surface area contributed by atoms with Crippen LogP contribution in [0.1, 0.15) is 38.7 Å². The highest BCUT2D eigenvalue weighted by Crippen LogP contribution is 2.46. The molecule has 18 heavy (non-hydrogen) atoms. The van der Waals surface area contributed by atoms with Gasteiger partial charge in [-0.15, -0.1) is 11.8 Å². The minimum atomic E-state index is -0.300. The topological polar surface area (TPSA) is 29.4 Å². The molecular formula is C14H16BrNOS. The number of thioether (sulfide) groups is 1. The molecule has 1 saturated carbocycles. The summed E-state index contributed by atoms with van der Waals surface area (Å²) in [5, 5.41) is 0.554. The number of aliphatic imine (C=N–C) groups is 1. The van der Waals surface area contributed by atoms with Crippen LogP contribution in [0.25, 0.3) is 0 Å². The van der Waals surface area contributed by atoms with Gasteiger partial charge in [-0.1, -0.05) is 19.9 Å². The van der Waals surface area contributed by atoms with Gasteiger partial charge >= 0.3 is 0 Å². The van der Waals surface area contributed by atoms with E-state index in [0.717, 1.165) is 29.3 Å². The first-order valence-corrected chi connectivity index (χ1v) is 7.80. The fraction of sp³-hybridized carbons (Fsp3) is 0.500. The average Bonchev–Trinajstić information content (AvgIpc) is 2.26. The second-order valence-electron chi connectivity index (χ2n) is 4.90. The van der Waals surface area contributed by atoms with Crippen molar-refractivity contribution in [2.75, 3.05) is 0 Å². The van der Waals surface area contributed by atoms with Gasteiger partial charge in [0.15, 0.2) is 0 Å². The molecule has 2 nitrogen and oxygen atoms in total. The first-order valence-electron chi connectivity index (χ1n) is 6.13. The van der Waals surface area contributed by atoms with E-state index in [4.69, 9.17) is 0 Å². The van der Waals surface area contributed by atoms with Crippen molar-refractivity contribution < 1.29 is 4.79 Å². The van der Waals surface area contributed by atoms with E-state index < -0.39 is 0 Å². The molecule has 0 saturated heterocycles. The van der Waals surface area contributed by atoms with Crippen LogP contribution in [0.3, 0.4) is 0 Å². The number of benzene rings is 1. The fourth-order valence-electron chi connectivity index (χ4n) is 2.20. The average molecular weight is 326 g/mol. The van der Waals surface area contributed by atoms with Crippen molar-refractivity contribution in [3.63, 3.8) is 0 Å². The summed E-state index contributed by atoms with van der Waals surface area (Å²) in [6.45, 7) is 4.35. The number of isocyanates is 1. The van der Waals surface area contributed by atoms with E-state index in [0.29, 0.717) is 5.25 Å². The summed E-state index contributed by atoms with van der Waals surface area (Å²) in [6, 6.07) is 6.31. The number of halogens is 1. The number of rotatable bonds is 4. The Hall–Kier alpha value is -0.570. The third-order valence-electron chi connectivity index (χ3n) is 3.27. The van der Waals surface area contributed by atoms with Crippen molar-refractivity contribution in [1.29, 1.82) is 0 Å². The van der Waals surface area contributed by atoms with Gasteiger partial charge < -0.3 is 0 Å². The Morgan fingerprint density at radius 1 is 1.44 bits per heavy atom. The van der Waals surface area contributed by atoms with Gasteiger partial charge in [0.05, 0.1) is 5.54 Å². The van der Waals surface area contributed by atoms with Crippen LogP contribution in [-0.4, -0.2) is 11.3 Å². The third-order valence-corrected chi connectivity index (χ3v) is 5.27. The molecule has 0 aliphatic heterocycles. The van der Waals surface area contributed by atoms with Gasteiger partial charge in [0.25, 0.3) is 0 Å². The molecule has 0 radical (unpaired) electrons. The maximum Gasteiger partial charge on any atom is 0.235 e. The summed E-state index contributed by atoms with van der Waals surface area (Å²) in [5.41, 5.74) is 0.822. The first-order chi connectivity index (χ1) is 8.57. The molecule has 1 aromatic rings. The molecule has 4 heteroatoms. The molecular weight excluding hydrogens is 310 g/mol. The zero-order valence-corrected chi connectivity index (χ0v) is 13.0. The monoisotopic (exact) mass is 325 g/mol. The molecule has 0 bridgehead atoms. The lowest BCUT2D eigenvalue weighted by Crippen LogP contribution is -2.31. The molecule has 0 amide bonds. The van der Waals surface area contributed by atoms with Crippen molar-refractivity contribution in [2.45, 2.75) is 48.8 Å². The highest BCUT2D eigenvalue weighted by molar-refractivity contribution is 9.10. The molecule has 1 aromatic carbocycles. The number of hydrogen-bond donors (Lipinski definition) is 0. The Morgan fingerprint density at radius 3 is 2.61 bits per heavy atom.